The summed E-state index contributed by atoms with van der Waals surface area (Å²) in [6.45, 7) is 3.15. The second-order valence-electron chi connectivity index (χ2n) is 5.83. The maximum Gasteiger partial charge on any atom is 0.254 e. The van der Waals surface area contributed by atoms with Crippen molar-refractivity contribution >= 4 is 23.2 Å². The van der Waals surface area contributed by atoms with E-state index in [4.69, 9.17) is 21.1 Å². The molecule has 0 N–H and O–H groups in total. The molecule has 2 heterocycles. The number of anilines is 1. The average molecular weight is 345 g/mol. The van der Waals surface area contributed by atoms with Crippen molar-refractivity contribution in [2.45, 2.75) is 0 Å². The fraction of sp³-hybridized carbons (Fsp3) is 0.278. The highest BCUT2D eigenvalue weighted by Crippen LogP contribution is 2.33. The zero-order valence-electron chi connectivity index (χ0n) is 13.1. The summed E-state index contributed by atoms with van der Waals surface area (Å²) < 4.78 is 10.6. The number of hydrogen-bond acceptors (Lipinski definition) is 4. The first-order valence-electron chi connectivity index (χ1n) is 7.90. The van der Waals surface area contributed by atoms with Gasteiger partial charge in [-0.15, -0.1) is 0 Å². The number of amides is 1. The third kappa shape index (κ3) is 2.87. The van der Waals surface area contributed by atoms with Gasteiger partial charge in [0.2, 0.25) is 6.79 Å². The number of halogens is 1. The van der Waals surface area contributed by atoms with Crippen molar-refractivity contribution in [2.75, 3.05) is 37.9 Å². The van der Waals surface area contributed by atoms with Gasteiger partial charge in [-0.3, -0.25) is 4.79 Å². The van der Waals surface area contributed by atoms with E-state index in [2.05, 4.69) is 4.90 Å². The van der Waals surface area contributed by atoms with Crippen LogP contribution >= 0.6 is 11.6 Å². The van der Waals surface area contributed by atoms with Crippen LogP contribution in [0.5, 0.6) is 11.5 Å². The van der Waals surface area contributed by atoms with Gasteiger partial charge in [0.15, 0.2) is 11.5 Å². The minimum atomic E-state index is 0.0269. The summed E-state index contributed by atoms with van der Waals surface area (Å²) in [5.74, 6) is 1.36. The molecule has 0 bridgehead atoms. The normalized spacial score (nSPS) is 16.4. The number of nitrogens with zero attached hydrogens (tertiary/aromatic N) is 2. The third-order valence-corrected chi connectivity index (χ3v) is 4.59. The highest BCUT2D eigenvalue weighted by atomic mass is 35.5. The van der Waals surface area contributed by atoms with E-state index in [9.17, 15) is 4.79 Å². The number of benzene rings is 2. The maximum absolute atomic E-state index is 12.7. The predicted molar refractivity (Wildman–Crippen MR) is 92.1 cm³/mol. The van der Waals surface area contributed by atoms with E-state index >= 15 is 0 Å². The molecule has 124 valence electrons. The fourth-order valence-corrected chi connectivity index (χ4v) is 3.24. The Kier molecular flexibility index (Phi) is 3.94. The molecule has 24 heavy (non-hydrogen) atoms. The van der Waals surface area contributed by atoms with Crippen molar-refractivity contribution in [2.24, 2.45) is 0 Å². The molecule has 2 aliphatic rings. The van der Waals surface area contributed by atoms with Gasteiger partial charge >= 0.3 is 0 Å². The summed E-state index contributed by atoms with van der Waals surface area (Å²) in [7, 11) is 0. The fourth-order valence-electron chi connectivity index (χ4n) is 3.05. The summed E-state index contributed by atoms with van der Waals surface area (Å²) >= 11 is 6.06. The van der Waals surface area contributed by atoms with E-state index in [1.807, 2.05) is 29.2 Å². The predicted octanol–water partition coefficient (Wildman–Crippen LogP) is 3.03. The average Bonchev–Trinajstić information content (AvgIpc) is 3.09. The SMILES string of the molecule is O=C(c1ccc2c(c1)OCO2)N1CCN(c2cccc(Cl)c2)CC1. The largest absolute Gasteiger partial charge is 0.454 e. The first kappa shape index (κ1) is 15.1. The van der Waals surface area contributed by atoms with Crippen molar-refractivity contribution in [3.63, 3.8) is 0 Å². The zero-order chi connectivity index (χ0) is 16.5. The molecule has 0 aliphatic carbocycles. The molecule has 2 aromatic carbocycles. The van der Waals surface area contributed by atoms with Crippen LogP contribution in [0.1, 0.15) is 10.4 Å². The van der Waals surface area contributed by atoms with Crippen LogP contribution in [0.3, 0.4) is 0 Å². The van der Waals surface area contributed by atoms with Crippen molar-refractivity contribution in [3.05, 3.63) is 53.1 Å². The Morgan fingerprint density at radius 3 is 2.54 bits per heavy atom. The Morgan fingerprint density at radius 1 is 0.958 bits per heavy atom. The zero-order valence-corrected chi connectivity index (χ0v) is 13.8. The lowest BCUT2D eigenvalue weighted by atomic mass is 10.1. The third-order valence-electron chi connectivity index (χ3n) is 4.36. The first-order chi connectivity index (χ1) is 11.7. The second-order valence-corrected chi connectivity index (χ2v) is 6.26. The van der Waals surface area contributed by atoms with E-state index in [1.165, 1.54) is 0 Å². The molecule has 1 saturated heterocycles. The first-order valence-corrected chi connectivity index (χ1v) is 8.28. The number of carbonyl (C=O) groups excluding carboxylic acids is 1. The summed E-state index contributed by atoms with van der Waals surface area (Å²) in [5, 5.41) is 0.728. The van der Waals surface area contributed by atoms with Gasteiger partial charge < -0.3 is 19.3 Å². The lowest BCUT2D eigenvalue weighted by Crippen LogP contribution is -2.48. The summed E-state index contributed by atoms with van der Waals surface area (Å²) in [6.07, 6.45) is 0. The minimum Gasteiger partial charge on any atom is -0.454 e. The highest BCUT2D eigenvalue weighted by molar-refractivity contribution is 6.30. The van der Waals surface area contributed by atoms with Gasteiger partial charge in [-0.2, -0.15) is 0 Å². The van der Waals surface area contributed by atoms with Crippen molar-refractivity contribution < 1.29 is 14.3 Å². The Balaban J connectivity index is 1.43. The van der Waals surface area contributed by atoms with Crippen LogP contribution in [0.2, 0.25) is 5.02 Å². The number of hydrogen-bond donors (Lipinski definition) is 0. The Labute approximate surface area is 145 Å². The Hall–Kier alpha value is -2.40. The Morgan fingerprint density at radius 2 is 1.75 bits per heavy atom. The van der Waals surface area contributed by atoms with Crippen molar-refractivity contribution in [1.29, 1.82) is 0 Å². The van der Waals surface area contributed by atoms with Crippen LogP contribution in [0.15, 0.2) is 42.5 Å². The number of fused-ring (bicyclic) bond motifs is 1. The van der Waals surface area contributed by atoms with E-state index in [0.29, 0.717) is 30.2 Å². The standard InChI is InChI=1S/C18H17ClN2O3/c19-14-2-1-3-15(11-14)20-6-8-21(9-7-20)18(22)13-4-5-16-17(10-13)24-12-23-16/h1-5,10-11H,6-9,12H2. The van der Waals surface area contributed by atoms with Crippen LogP contribution in [0, 0.1) is 0 Å². The van der Waals surface area contributed by atoms with E-state index in [-0.39, 0.29) is 12.7 Å². The monoisotopic (exact) mass is 344 g/mol. The number of ether oxygens (including phenoxy) is 2. The Bertz CT molecular complexity index is 773. The van der Waals surface area contributed by atoms with Crippen LogP contribution < -0.4 is 14.4 Å². The molecule has 1 amide bonds. The van der Waals surface area contributed by atoms with E-state index in [1.54, 1.807) is 18.2 Å². The summed E-state index contributed by atoms with van der Waals surface area (Å²) in [4.78, 5) is 16.8. The van der Waals surface area contributed by atoms with Crippen LogP contribution in [-0.2, 0) is 0 Å². The molecular weight excluding hydrogens is 328 g/mol. The van der Waals surface area contributed by atoms with Gasteiger partial charge in [0.25, 0.3) is 5.91 Å². The van der Waals surface area contributed by atoms with Crippen LogP contribution in [0.4, 0.5) is 5.69 Å². The molecule has 0 radical (unpaired) electrons. The molecule has 2 aromatic rings. The van der Waals surface area contributed by atoms with Crippen LogP contribution in [0.25, 0.3) is 0 Å². The molecule has 0 saturated carbocycles. The highest BCUT2D eigenvalue weighted by Gasteiger charge is 2.24. The summed E-state index contributed by atoms with van der Waals surface area (Å²) in [6, 6.07) is 13.1. The van der Waals surface area contributed by atoms with E-state index in [0.717, 1.165) is 23.8 Å². The molecule has 0 atom stereocenters. The van der Waals surface area contributed by atoms with Gasteiger partial charge in [0.1, 0.15) is 0 Å². The van der Waals surface area contributed by atoms with E-state index < -0.39 is 0 Å². The number of piperazine rings is 1. The topological polar surface area (TPSA) is 42.0 Å². The molecule has 4 rings (SSSR count). The van der Waals surface area contributed by atoms with Gasteiger partial charge in [0, 0.05) is 42.5 Å². The molecule has 0 spiro atoms. The second kappa shape index (κ2) is 6.24. The van der Waals surface area contributed by atoms with Gasteiger partial charge in [-0.25, -0.2) is 0 Å². The minimum absolute atomic E-state index is 0.0269. The smallest absolute Gasteiger partial charge is 0.254 e. The van der Waals surface area contributed by atoms with Gasteiger partial charge in [-0.1, -0.05) is 17.7 Å². The van der Waals surface area contributed by atoms with Crippen molar-refractivity contribution in [3.8, 4) is 11.5 Å². The lowest BCUT2D eigenvalue weighted by molar-refractivity contribution is 0.0746. The van der Waals surface area contributed by atoms with Crippen molar-refractivity contribution in [1.82, 2.24) is 4.90 Å². The molecule has 0 unspecified atom stereocenters. The molecule has 0 aromatic heterocycles. The van der Waals surface area contributed by atoms with Gasteiger partial charge in [0.05, 0.1) is 0 Å². The quantitative estimate of drug-likeness (QED) is 0.839. The number of rotatable bonds is 2. The lowest BCUT2D eigenvalue weighted by Gasteiger charge is -2.36. The maximum atomic E-state index is 12.7. The number of carbonyl (C=O) groups is 1. The molecule has 2 aliphatic heterocycles. The molecule has 5 nitrogen and oxygen atoms in total. The molecule has 1 fully saturated rings. The molecule has 6 heteroatoms. The van der Waals surface area contributed by atoms with Gasteiger partial charge in [-0.05, 0) is 36.4 Å². The summed E-state index contributed by atoms with van der Waals surface area (Å²) in [5.41, 5.74) is 1.73. The van der Waals surface area contributed by atoms with Crippen LogP contribution in [-0.4, -0.2) is 43.8 Å². The molecular formula is C18H17ClN2O3.